The van der Waals surface area contributed by atoms with Gasteiger partial charge in [-0.05, 0) is 31.6 Å². The number of carbonyl (C=O) groups excluding carboxylic acids is 2. The van der Waals surface area contributed by atoms with E-state index in [2.05, 4.69) is 0 Å². The van der Waals surface area contributed by atoms with Crippen molar-refractivity contribution in [2.75, 3.05) is 20.7 Å². The third kappa shape index (κ3) is 1.81. The van der Waals surface area contributed by atoms with Gasteiger partial charge in [0.15, 0.2) is 0 Å². The fourth-order valence-electron chi connectivity index (χ4n) is 2.34. The van der Waals surface area contributed by atoms with Crippen LogP contribution in [0.5, 0.6) is 0 Å². The Labute approximate surface area is 95.9 Å². The van der Waals surface area contributed by atoms with Crippen LogP contribution in [0.2, 0.25) is 0 Å². The van der Waals surface area contributed by atoms with Crippen molar-refractivity contribution in [3.8, 4) is 0 Å². The standard InChI is InChI=1S/C12H19NO3/c1-13(8-9-4-3-5-9)10(14)12(6-7-12)11(15)16-2/h9H,3-8H2,1-2H3. The number of hydrogen-bond acceptors (Lipinski definition) is 3. The normalized spacial score (nSPS) is 22.1. The van der Waals surface area contributed by atoms with E-state index < -0.39 is 5.41 Å². The van der Waals surface area contributed by atoms with Crippen LogP contribution in [0.15, 0.2) is 0 Å². The molecule has 90 valence electrons. The van der Waals surface area contributed by atoms with Crippen molar-refractivity contribution >= 4 is 11.9 Å². The van der Waals surface area contributed by atoms with E-state index in [1.54, 1.807) is 11.9 Å². The Balaban J connectivity index is 1.93. The Kier molecular flexibility index (Phi) is 2.91. The van der Waals surface area contributed by atoms with Crippen molar-refractivity contribution in [1.82, 2.24) is 4.90 Å². The molecule has 2 rings (SSSR count). The lowest BCUT2D eigenvalue weighted by Gasteiger charge is -2.31. The number of nitrogens with zero attached hydrogens (tertiary/aromatic N) is 1. The molecular weight excluding hydrogens is 206 g/mol. The first-order chi connectivity index (χ1) is 7.60. The molecular formula is C12H19NO3. The average Bonchev–Trinajstić information content (AvgIpc) is 3.02. The van der Waals surface area contributed by atoms with Gasteiger partial charge in [-0.3, -0.25) is 9.59 Å². The topological polar surface area (TPSA) is 46.6 Å². The van der Waals surface area contributed by atoms with E-state index in [0.717, 1.165) is 6.54 Å². The highest BCUT2D eigenvalue weighted by Gasteiger charge is 2.58. The minimum absolute atomic E-state index is 0.0498. The fourth-order valence-corrected chi connectivity index (χ4v) is 2.34. The number of amides is 1. The fraction of sp³-hybridized carbons (Fsp3) is 0.833. The maximum absolute atomic E-state index is 12.1. The van der Waals surface area contributed by atoms with Crippen molar-refractivity contribution in [3.05, 3.63) is 0 Å². The van der Waals surface area contributed by atoms with Crippen LogP contribution >= 0.6 is 0 Å². The first-order valence-electron chi connectivity index (χ1n) is 5.94. The molecule has 16 heavy (non-hydrogen) atoms. The Hall–Kier alpha value is -1.06. The summed E-state index contributed by atoms with van der Waals surface area (Å²) in [5, 5.41) is 0. The van der Waals surface area contributed by atoms with Crippen molar-refractivity contribution in [2.45, 2.75) is 32.1 Å². The molecule has 0 unspecified atom stereocenters. The lowest BCUT2D eigenvalue weighted by Crippen LogP contribution is -2.42. The molecule has 0 N–H and O–H groups in total. The number of ether oxygens (including phenoxy) is 1. The van der Waals surface area contributed by atoms with Gasteiger partial charge in [-0.15, -0.1) is 0 Å². The van der Waals surface area contributed by atoms with E-state index in [9.17, 15) is 9.59 Å². The van der Waals surface area contributed by atoms with Crippen molar-refractivity contribution in [2.24, 2.45) is 11.3 Å². The summed E-state index contributed by atoms with van der Waals surface area (Å²) in [6.45, 7) is 0.789. The maximum Gasteiger partial charge on any atom is 0.321 e. The van der Waals surface area contributed by atoms with Gasteiger partial charge in [0.25, 0.3) is 0 Å². The highest BCUT2D eigenvalue weighted by molar-refractivity contribution is 6.05. The zero-order valence-electron chi connectivity index (χ0n) is 9.99. The van der Waals surface area contributed by atoms with Crippen LogP contribution in [0.3, 0.4) is 0 Å². The van der Waals surface area contributed by atoms with E-state index in [1.165, 1.54) is 26.4 Å². The molecule has 4 heteroatoms. The minimum atomic E-state index is -0.826. The van der Waals surface area contributed by atoms with Crippen molar-refractivity contribution < 1.29 is 14.3 Å². The molecule has 0 aromatic carbocycles. The summed E-state index contributed by atoms with van der Waals surface area (Å²) >= 11 is 0. The summed E-state index contributed by atoms with van der Waals surface area (Å²) in [6, 6.07) is 0. The smallest absolute Gasteiger partial charge is 0.321 e. The molecule has 0 atom stereocenters. The number of esters is 1. The molecule has 0 saturated heterocycles. The summed E-state index contributed by atoms with van der Waals surface area (Å²) in [6.07, 6.45) is 4.99. The molecule has 2 saturated carbocycles. The Bertz CT molecular complexity index is 305. The van der Waals surface area contributed by atoms with Gasteiger partial charge in [-0.1, -0.05) is 6.42 Å². The second-order valence-electron chi connectivity index (χ2n) is 5.06. The molecule has 0 aromatic rings. The monoisotopic (exact) mass is 225 g/mol. The van der Waals surface area contributed by atoms with Gasteiger partial charge >= 0.3 is 5.97 Å². The largest absolute Gasteiger partial charge is 0.468 e. The second kappa shape index (κ2) is 4.07. The number of carbonyl (C=O) groups is 2. The quantitative estimate of drug-likeness (QED) is 0.533. The SMILES string of the molecule is COC(=O)C1(C(=O)N(C)CC2CCC2)CC1. The molecule has 0 bridgehead atoms. The minimum Gasteiger partial charge on any atom is -0.468 e. The Morgan fingerprint density at radius 2 is 2.00 bits per heavy atom. The van der Waals surface area contributed by atoms with Crippen molar-refractivity contribution in [1.29, 1.82) is 0 Å². The molecule has 2 aliphatic rings. The highest BCUT2D eigenvalue weighted by atomic mass is 16.5. The number of rotatable bonds is 4. The van der Waals surface area contributed by atoms with Crippen LogP contribution in [0.1, 0.15) is 32.1 Å². The molecule has 0 spiro atoms. The summed E-state index contributed by atoms with van der Waals surface area (Å²) in [5.41, 5.74) is -0.826. The van der Waals surface area contributed by atoms with Gasteiger partial charge in [0.2, 0.25) is 5.91 Å². The molecule has 0 aliphatic heterocycles. The van der Waals surface area contributed by atoms with E-state index in [4.69, 9.17) is 4.74 Å². The van der Waals surface area contributed by atoms with Crippen LogP contribution in [-0.4, -0.2) is 37.5 Å². The first-order valence-corrected chi connectivity index (χ1v) is 5.94. The predicted molar refractivity (Wildman–Crippen MR) is 58.7 cm³/mol. The molecule has 0 aromatic heterocycles. The molecule has 2 fully saturated rings. The number of methoxy groups -OCH3 is 1. The van der Waals surface area contributed by atoms with Gasteiger partial charge in [-0.2, -0.15) is 0 Å². The van der Waals surface area contributed by atoms with Crippen LogP contribution in [-0.2, 0) is 14.3 Å². The maximum atomic E-state index is 12.1. The van der Waals surface area contributed by atoms with Crippen LogP contribution in [0.25, 0.3) is 0 Å². The summed E-state index contributed by atoms with van der Waals surface area (Å²) in [7, 11) is 3.14. The molecule has 4 nitrogen and oxygen atoms in total. The van der Waals surface area contributed by atoms with E-state index in [-0.39, 0.29) is 11.9 Å². The Morgan fingerprint density at radius 1 is 1.38 bits per heavy atom. The Morgan fingerprint density at radius 3 is 2.38 bits per heavy atom. The first kappa shape index (κ1) is 11.4. The van der Waals surface area contributed by atoms with E-state index in [1.807, 2.05) is 0 Å². The van der Waals surface area contributed by atoms with Crippen molar-refractivity contribution in [3.63, 3.8) is 0 Å². The molecule has 2 aliphatic carbocycles. The zero-order chi connectivity index (χ0) is 11.8. The molecule has 1 amide bonds. The summed E-state index contributed by atoms with van der Waals surface area (Å²) in [4.78, 5) is 25.4. The second-order valence-corrected chi connectivity index (χ2v) is 5.06. The van der Waals surface area contributed by atoms with E-state index >= 15 is 0 Å². The third-order valence-corrected chi connectivity index (χ3v) is 3.84. The van der Waals surface area contributed by atoms with E-state index in [0.29, 0.717) is 18.8 Å². The van der Waals surface area contributed by atoms with Crippen LogP contribution < -0.4 is 0 Å². The van der Waals surface area contributed by atoms with Gasteiger partial charge in [0.1, 0.15) is 5.41 Å². The van der Waals surface area contributed by atoms with Gasteiger partial charge < -0.3 is 9.64 Å². The van der Waals surface area contributed by atoms with Gasteiger partial charge in [-0.25, -0.2) is 0 Å². The lowest BCUT2D eigenvalue weighted by molar-refractivity contribution is -0.155. The lowest BCUT2D eigenvalue weighted by atomic mass is 9.85. The molecule has 0 heterocycles. The predicted octanol–water partition coefficient (Wildman–Crippen LogP) is 1.20. The zero-order valence-corrected chi connectivity index (χ0v) is 9.99. The van der Waals surface area contributed by atoms with Crippen LogP contribution in [0, 0.1) is 11.3 Å². The van der Waals surface area contributed by atoms with Gasteiger partial charge in [0.05, 0.1) is 7.11 Å². The average molecular weight is 225 g/mol. The van der Waals surface area contributed by atoms with Gasteiger partial charge in [0, 0.05) is 13.6 Å². The third-order valence-electron chi connectivity index (χ3n) is 3.84. The summed E-state index contributed by atoms with van der Waals surface area (Å²) < 4.78 is 4.71. The highest BCUT2D eigenvalue weighted by Crippen LogP contribution is 2.48. The number of hydrogen-bond donors (Lipinski definition) is 0. The molecule has 0 radical (unpaired) electrons. The van der Waals surface area contributed by atoms with Crippen LogP contribution in [0.4, 0.5) is 0 Å². The summed E-state index contributed by atoms with van der Waals surface area (Å²) in [5.74, 6) is 0.228.